The van der Waals surface area contributed by atoms with Crippen LogP contribution in [0.25, 0.3) is 11.0 Å². The van der Waals surface area contributed by atoms with Crippen molar-refractivity contribution in [3.8, 4) is 5.75 Å². The lowest BCUT2D eigenvalue weighted by atomic mass is 10.00. The van der Waals surface area contributed by atoms with E-state index in [4.69, 9.17) is 9.15 Å². The zero-order valence-electron chi connectivity index (χ0n) is 12.8. The summed E-state index contributed by atoms with van der Waals surface area (Å²) in [6.07, 6.45) is 5.06. The van der Waals surface area contributed by atoms with Gasteiger partial charge in [0, 0.05) is 29.6 Å². The average Bonchev–Trinajstić information content (AvgIpc) is 2.76. The van der Waals surface area contributed by atoms with Gasteiger partial charge in [0.25, 0.3) is 0 Å². The van der Waals surface area contributed by atoms with E-state index in [0.717, 1.165) is 30.5 Å². The summed E-state index contributed by atoms with van der Waals surface area (Å²) in [6.45, 7) is 3.39. The largest absolute Gasteiger partial charge is 0.490 e. The Balaban J connectivity index is 1.53. The van der Waals surface area contributed by atoms with Crippen LogP contribution in [-0.2, 0) is 0 Å². The van der Waals surface area contributed by atoms with E-state index in [0.29, 0.717) is 17.7 Å². The molecule has 1 aromatic carbocycles. The molecule has 4 rings (SSSR count). The molecule has 0 aliphatic carbocycles. The molecule has 3 heterocycles. The lowest BCUT2D eigenvalue weighted by Gasteiger charge is -2.38. The average molecular weight is 299 g/mol. The standard InChI is InChI=1S/C18H21NO3/c1-2-19-13-5-6-14(19)10-16(9-13)21-15-7-3-12-4-8-18(20)22-17(12)11-15/h3-4,7-8,11,13-14,16H,2,5-6,9-10H2,1H3. The Kier molecular flexibility index (Phi) is 3.41. The Hall–Kier alpha value is -1.81. The molecule has 0 radical (unpaired) electrons. The molecule has 116 valence electrons. The molecular weight excluding hydrogens is 278 g/mol. The second kappa shape index (κ2) is 5.43. The van der Waals surface area contributed by atoms with Gasteiger partial charge in [0.15, 0.2) is 0 Å². The van der Waals surface area contributed by atoms with Gasteiger partial charge in [0.05, 0.1) is 0 Å². The van der Waals surface area contributed by atoms with Crippen LogP contribution in [0.5, 0.6) is 5.75 Å². The first-order valence-electron chi connectivity index (χ1n) is 8.19. The minimum absolute atomic E-state index is 0.271. The van der Waals surface area contributed by atoms with Crippen LogP contribution in [0, 0.1) is 0 Å². The fourth-order valence-electron chi connectivity index (χ4n) is 4.14. The van der Waals surface area contributed by atoms with Gasteiger partial charge in [0.1, 0.15) is 17.4 Å². The first-order chi connectivity index (χ1) is 10.7. The van der Waals surface area contributed by atoms with Gasteiger partial charge < -0.3 is 9.15 Å². The summed E-state index contributed by atoms with van der Waals surface area (Å²) in [5.74, 6) is 0.802. The van der Waals surface area contributed by atoms with E-state index in [9.17, 15) is 4.79 Å². The van der Waals surface area contributed by atoms with E-state index >= 15 is 0 Å². The van der Waals surface area contributed by atoms with Crippen molar-refractivity contribution in [2.75, 3.05) is 6.54 Å². The van der Waals surface area contributed by atoms with Crippen molar-refractivity contribution in [2.24, 2.45) is 0 Å². The zero-order chi connectivity index (χ0) is 15.1. The van der Waals surface area contributed by atoms with Crippen molar-refractivity contribution in [1.29, 1.82) is 0 Å². The summed E-state index contributed by atoms with van der Waals surface area (Å²) in [5.41, 5.74) is 0.276. The Morgan fingerprint density at radius 2 is 1.91 bits per heavy atom. The highest BCUT2D eigenvalue weighted by Crippen LogP contribution is 2.37. The number of piperidine rings is 1. The smallest absolute Gasteiger partial charge is 0.336 e. The maximum Gasteiger partial charge on any atom is 0.336 e. The molecule has 0 N–H and O–H groups in total. The van der Waals surface area contributed by atoms with Crippen LogP contribution in [0.15, 0.2) is 39.5 Å². The van der Waals surface area contributed by atoms with Gasteiger partial charge in [-0.2, -0.15) is 0 Å². The number of benzene rings is 1. The third-order valence-electron chi connectivity index (χ3n) is 5.10. The second-order valence-electron chi connectivity index (χ2n) is 6.38. The first-order valence-corrected chi connectivity index (χ1v) is 8.19. The quantitative estimate of drug-likeness (QED) is 0.816. The number of nitrogens with zero attached hydrogens (tertiary/aromatic N) is 1. The molecule has 2 aromatic rings. The minimum atomic E-state index is -0.320. The number of rotatable bonds is 3. The molecule has 2 aliphatic heterocycles. The number of hydrogen-bond donors (Lipinski definition) is 0. The van der Waals surface area contributed by atoms with Crippen molar-refractivity contribution in [2.45, 2.75) is 50.8 Å². The molecule has 0 spiro atoms. The lowest BCUT2D eigenvalue weighted by Crippen LogP contribution is -2.46. The third kappa shape index (κ3) is 2.41. The summed E-state index contributed by atoms with van der Waals surface area (Å²) in [6, 6.07) is 10.3. The lowest BCUT2D eigenvalue weighted by molar-refractivity contribution is 0.0530. The van der Waals surface area contributed by atoms with Crippen LogP contribution < -0.4 is 10.4 Å². The highest BCUT2D eigenvalue weighted by molar-refractivity contribution is 5.77. The number of fused-ring (bicyclic) bond motifs is 3. The van der Waals surface area contributed by atoms with Crippen LogP contribution in [0.3, 0.4) is 0 Å². The van der Waals surface area contributed by atoms with Crippen LogP contribution >= 0.6 is 0 Å². The van der Waals surface area contributed by atoms with E-state index in [-0.39, 0.29) is 11.7 Å². The molecule has 4 heteroatoms. The summed E-state index contributed by atoms with van der Waals surface area (Å²) < 4.78 is 11.4. The normalized spacial score (nSPS) is 28.1. The highest BCUT2D eigenvalue weighted by Gasteiger charge is 2.40. The van der Waals surface area contributed by atoms with Crippen LogP contribution in [0.4, 0.5) is 0 Å². The SMILES string of the molecule is CCN1C2CCC1CC(Oc1ccc3ccc(=O)oc3c1)C2. The Labute approximate surface area is 129 Å². The van der Waals surface area contributed by atoms with Crippen LogP contribution in [-0.4, -0.2) is 29.6 Å². The molecule has 2 bridgehead atoms. The number of hydrogen-bond acceptors (Lipinski definition) is 4. The van der Waals surface area contributed by atoms with Crippen LogP contribution in [0.1, 0.15) is 32.6 Å². The summed E-state index contributed by atoms with van der Waals surface area (Å²) in [7, 11) is 0. The van der Waals surface area contributed by atoms with Gasteiger partial charge in [0.2, 0.25) is 0 Å². The Morgan fingerprint density at radius 3 is 2.64 bits per heavy atom. The molecular formula is C18H21NO3. The highest BCUT2D eigenvalue weighted by atomic mass is 16.5. The van der Waals surface area contributed by atoms with Crippen molar-refractivity contribution in [3.05, 3.63) is 40.8 Å². The van der Waals surface area contributed by atoms with Gasteiger partial charge in [-0.15, -0.1) is 0 Å². The molecule has 2 atom stereocenters. The predicted octanol–water partition coefficient (Wildman–Crippen LogP) is 3.19. The van der Waals surface area contributed by atoms with Crippen LogP contribution in [0.2, 0.25) is 0 Å². The third-order valence-corrected chi connectivity index (χ3v) is 5.10. The predicted molar refractivity (Wildman–Crippen MR) is 85.3 cm³/mol. The number of ether oxygens (including phenoxy) is 1. The monoisotopic (exact) mass is 299 g/mol. The Morgan fingerprint density at radius 1 is 1.18 bits per heavy atom. The van der Waals surface area contributed by atoms with Gasteiger partial charge in [-0.3, -0.25) is 4.90 Å². The minimum Gasteiger partial charge on any atom is -0.490 e. The molecule has 2 aliphatic rings. The van der Waals surface area contributed by atoms with Gasteiger partial charge in [-0.05, 0) is 50.4 Å². The van der Waals surface area contributed by atoms with Crippen molar-refractivity contribution >= 4 is 11.0 Å². The fraction of sp³-hybridized carbons (Fsp3) is 0.500. The van der Waals surface area contributed by atoms with Gasteiger partial charge in [-0.25, -0.2) is 4.79 Å². The van der Waals surface area contributed by atoms with E-state index in [1.807, 2.05) is 18.2 Å². The van der Waals surface area contributed by atoms with E-state index in [2.05, 4.69) is 11.8 Å². The molecule has 1 aromatic heterocycles. The van der Waals surface area contributed by atoms with Crippen molar-refractivity contribution in [1.82, 2.24) is 4.90 Å². The maximum atomic E-state index is 11.3. The van der Waals surface area contributed by atoms with Gasteiger partial charge in [-0.1, -0.05) is 6.92 Å². The summed E-state index contributed by atoms with van der Waals surface area (Å²) in [5, 5.41) is 0.924. The molecule has 2 saturated heterocycles. The van der Waals surface area contributed by atoms with Crippen molar-refractivity contribution < 1.29 is 9.15 Å². The van der Waals surface area contributed by atoms with E-state index in [1.165, 1.54) is 18.9 Å². The zero-order valence-corrected chi connectivity index (χ0v) is 12.8. The fourth-order valence-corrected chi connectivity index (χ4v) is 4.14. The summed E-state index contributed by atoms with van der Waals surface area (Å²) in [4.78, 5) is 14.0. The Bertz CT molecular complexity index is 724. The van der Waals surface area contributed by atoms with Crippen molar-refractivity contribution in [3.63, 3.8) is 0 Å². The second-order valence-corrected chi connectivity index (χ2v) is 6.38. The summed E-state index contributed by atoms with van der Waals surface area (Å²) >= 11 is 0. The van der Waals surface area contributed by atoms with Gasteiger partial charge >= 0.3 is 5.63 Å². The molecule has 0 amide bonds. The topological polar surface area (TPSA) is 42.7 Å². The van der Waals surface area contributed by atoms with E-state index < -0.39 is 0 Å². The molecule has 2 fully saturated rings. The molecule has 4 nitrogen and oxygen atoms in total. The van der Waals surface area contributed by atoms with E-state index in [1.54, 1.807) is 6.07 Å². The molecule has 22 heavy (non-hydrogen) atoms. The molecule has 0 saturated carbocycles. The first kappa shape index (κ1) is 13.8. The molecule has 2 unspecified atom stereocenters. The maximum absolute atomic E-state index is 11.3.